The zero-order chi connectivity index (χ0) is 17.7. The van der Waals surface area contributed by atoms with Crippen LogP contribution in [0.15, 0.2) is 35.2 Å². The predicted molar refractivity (Wildman–Crippen MR) is 87.9 cm³/mol. The number of sulfone groups is 1. The summed E-state index contributed by atoms with van der Waals surface area (Å²) in [6.07, 6.45) is -0.577. The molecule has 1 aliphatic heterocycles. The minimum absolute atomic E-state index is 0.118. The minimum Gasteiger partial charge on any atom is -0.389 e. The van der Waals surface area contributed by atoms with Crippen molar-refractivity contribution in [3.63, 3.8) is 0 Å². The normalized spacial score (nSPS) is 21.3. The summed E-state index contributed by atoms with van der Waals surface area (Å²) < 4.78 is 24.3. The highest BCUT2D eigenvalue weighted by Gasteiger charge is 2.30. The SMILES string of the molecule is CC(=O)N1CC[C@@H](NC(=O)CCS(=O)(=O)c2ccccc2)[C@H](O)C1. The molecule has 1 aromatic carbocycles. The van der Waals surface area contributed by atoms with Crippen molar-refractivity contribution >= 4 is 21.7 Å². The lowest BCUT2D eigenvalue weighted by molar-refractivity contribution is -0.133. The number of hydrogen-bond donors (Lipinski definition) is 2. The zero-order valence-corrected chi connectivity index (χ0v) is 14.3. The van der Waals surface area contributed by atoms with Gasteiger partial charge < -0.3 is 15.3 Å². The van der Waals surface area contributed by atoms with Crippen molar-refractivity contribution in [2.24, 2.45) is 0 Å². The second-order valence-electron chi connectivity index (χ2n) is 5.88. The third-order valence-corrected chi connectivity index (χ3v) is 5.81. The standard InChI is InChI=1S/C16H22N2O5S/c1-12(19)18-9-7-14(15(20)11-18)17-16(21)8-10-24(22,23)13-5-3-2-4-6-13/h2-6,14-15,20H,7-11H2,1H3,(H,17,21)/t14-,15-/m1/s1. The van der Waals surface area contributed by atoms with E-state index in [4.69, 9.17) is 0 Å². The molecule has 24 heavy (non-hydrogen) atoms. The first-order valence-electron chi connectivity index (χ1n) is 7.80. The molecule has 0 saturated carbocycles. The maximum absolute atomic E-state index is 12.1. The number of rotatable bonds is 5. The highest BCUT2D eigenvalue weighted by atomic mass is 32.2. The van der Waals surface area contributed by atoms with Gasteiger partial charge in [0.2, 0.25) is 11.8 Å². The molecule has 0 bridgehead atoms. The number of β-amino-alcohol motifs (C(OH)–C–C–N with tert-alkyl or cyclic N) is 1. The fourth-order valence-corrected chi connectivity index (χ4v) is 3.90. The first kappa shape index (κ1) is 18.4. The lowest BCUT2D eigenvalue weighted by Gasteiger charge is -2.35. The number of carbonyl (C=O) groups is 2. The Kier molecular flexibility index (Phi) is 5.95. The van der Waals surface area contributed by atoms with Crippen LogP contribution < -0.4 is 5.32 Å². The van der Waals surface area contributed by atoms with E-state index in [1.54, 1.807) is 18.2 Å². The molecule has 0 aromatic heterocycles. The maximum Gasteiger partial charge on any atom is 0.221 e. The molecule has 7 nitrogen and oxygen atoms in total. The van der Waals surface area contributed by atoms with Gasteiger partial charge in [-0.05, 0) is 18.6 Å². The highest BCUT2D eigenvalue weighted by Crippen LogP contribution is 2.13. The van der Waals surface area contributed by atoms with Crippen molar-refractivity contribution in [3.05, 3.63) is 30.3 Å². The molecular formula is C16H22N2O5S. The van der Waals surface area contributed by atoms with Gasteiger partial charge in [-0.25, -0.2) is 8.42 Å². The van der Waals surface area contributed by atoms with E-state index in [1.165, 1.54) is 24.0 Å². The number of benzene rings is 1. The largest absolute Gasteiger partial charge is 0.389 e. The molecular weight excluding hydrogens is 332 g/mol. The maximum atomic E-state index is 12.1. The summed E-state index contributed by atoms with van der Waals surface area (Å²) >= 11 is 0. The number of nitrogens with one attached hydrogen (secondary N) is 1. The molecule has 1 aliphatic rings. The summed E-state index contributed by atoms with van der Waals surface area (Å²) in [5.41, 5.74) is 0. The summed E-state index contributed by atoms with van der Waals surface area (Å²) in [5.74, 6) is -0.826. The van der Waals surface area contributed by atoms with Crippen LogP contribution in [-0.4, -0.2) is 61.2 Å². The van der Waals surface area contributed by atoms with Gasteiger partial charge in [0.25, 0.3) is 0 Å². The highest BCUT2D eigenvalue weighted by molar-refractivity contribution is 7.91. The Morgan fingerprint density at radius 1 is 1.29 bits per heavy atom. The Morgan fingerprint density at radius 2 is 1.96 bits per heavy atom. The van der Waals surface area contributed by atoms with Crippen LogP contribution in [0.4, 0.5) is 0 Å². The number of likely N-dealkylation sites (tertiary alicyclic amines) is 1. The first-order valence-corrected chi connectivity index (χ1v) is 9.45. The van der Waals surface area contributed by atoms with Gasteiger partial charge in [-0.3, -0.25) is 9.59 Å². The van der Waals surface area contributed by atoms with Crippen molar-refractivity contribution in [3.8, 4) is 0 Å². The average Bonchev–Trinajstić information content (AvgIpc) is 2.55. The number of piperidine rings is 1. The zero-order valence-electron chi connectivity index (χ0n) is 13.5. The van der Waals surface area contributed by atoms with Crippen molar-refractivity contribution in [2.75, 3.05) is 18.8 Å². The number of hydrogen-bond acceptors (Lipinski definition) is 5. The quantitative estimate of drug-likeness (QED) is 0.771. The number of aliphatic hydroxyl groups is 1. The fourth-order valence-electron chi connectivity index (χ4n) is 2.64. The minimum atomic E-state index is -3.51. The van der Waals surface area contributed by atoms with E-state index in [0.717, 1.165) is 0 Å². The van der Waals surface area contributed by atoms with Crippen molar-refractivity contribution in [1.82, 2.24) is 10.2 Å². The van der Waals surface area contributed by atoms with Crippen LogP contribution in [0.1, 0.15) is 19.8 Å². The summed E-state index contributed by atoms with van der Waals surface area (Å²) in [6.45, 7) is 2.06. The Balaban J connectivity index is 1.85. The number of nitrogens with zero attached hydrogens (tertiary/aromatic N) is 1. The van der Waals surface area contributed by atoms with Crippen LogP contribution in [0.2, 0.25) is 0 Å². The Hall–Kier alpha value is -1.93. The fraction of sp³-hybridized carbons (Fsp3) is 0.500. The molecule has 0 radical (unpaired) electrons. The molecule has 0 aliphatic carbocycles. The molecule has 132 valence electrons. The molecule has 1 saturated heterocycles. The molecule has 1 fully saturated rings. The van der Waals surface area contributed by atoms with Crippen molar-refractivity contribution < 1.29 is 23.1 Å². The molecule has 8 heteroatoms. The molecule has 1 aromatic rings. The number of carbonyl (C=O) groups excluding carboxylic acids is 2. The van der Waals surface area contributed by atoms with Crippen LogP contribution in [0, 0.1) is 0 Å². The van der Waals surface area contributed by atoms with Gasteiger partial charge in [0.15, 0.2) is 9.84 Å². The summed E-state index contributed by atoms with van der Waals surface area (Å²) in [5, 5.41) is 12.7. The van der Waals surface area contributed by atoms with Gasteiger partial charge in [-0.1, -0.05) is 18.2 Å². The third-order valence-electron chi connectivity index (χ3n) is 4.07. The van der Waals surface area contributed by atoms with Crippen LogP contribution >= 0.6 is 0 Å². The van der Waals surface area contributed by atoms with Crippen LogP contribution in [-0.2, 0) is 19.4 Å². The van der Waals surface area contributed by atoms with E-state index in [-0.39, 0.29) is 29.5 Å². The van der Waals surface area contributed by atoms with Crippen LogP contribution in [0.3, 0.4) is 0 Å². The van der Waals surface area contributed by atoms with Gasteiger partial charge in [0.05, 0.1) is 22.8 Å². The second kappa shape index (κ2) is 7.76. The topological polar surface area (TPSA) is 104 Å². The summed E-state index contributed by atoms with van der Waals surface area (Å²) in [7, 11) is -3.51. The third kappa shape index (κ3) is 4.78. The molecule has 0 spiro atoms. The lowest BCUT2D eigenvalue weighted by Crippen LogP contribution is -2.55. The Bertz CT molecular complexity index is 690. The van der Waals surface area contributed by atoms with E-state index in [0.29, 0.717) is 13.0 Å². The van der Waals surface area contributed by atoms with Crippen LogP contribution in [0.5, 0.6) is 0 Å². The molecule has 2 atom stereocenters. The molecule has 0 unspecified atom stereocenters. The predicted octanol–water partition coefficient (Wildman–Crippen LogP) is -0.0517. The lowest BCUT2D eigenvalue weighted by atomic mass is 10.0. The van der Waals surface area contributed by atoms with E-state index < -0.39 is 27.9 Å². The van der Waals surface area contributed by atoms with E-state index >= 15 is 0 Å². The van der Waals surface area contributed by atoms with E-state index in [1.807, 2.05) is 0 Å². The van der Waals surface area contributed by atoms with Crippen LogP contribution in [0.25, 0.3) is 0 Å². The summed E-state index contributed by atoms with van der Waals surface area (Å²) in [6, 6.07) is 7.51. The Morgan fingerprint density at radius 3 is 2.54 bits per heavy atom. The van der Waals surface area contributed by atoms with Gasteiger partial charge in [0, 0.05) is 26.4 Å². The first-order chi connectivity index (χ1) is 11.3. The smallest absolute Gasteiger partial charge is 0.221 e. The van der Waals surface area contributed by atoms with Gasteiger partial charge >= 0.3 is 0 Å². The van der Waals surface area contributed by atoms with E-state index in [2.05, 4.69) is 5.32 Å². The second-order valence-corrected chi connectivity index (χ2v) is 7.99. The monoisotopic (exact) mass is 354 g/mol. The van der Waals surface area contributed by atoms with E-state index in [9.17, 15) is 23.1 Å². The van der Waals surface area contributed by atoms with Gasteiger partial charge in [-0.15, -0.1) is 0 Å². The van der Waals surface area contributed by atoms with Gasteiger partial charge in [-0.2, -0.15) is 0 Å². The molecule has 2 rings (SSSR count). The Labute approximate surface area is 141 Å². The summed E-state index contributed by atoms with van der Waals surface area (Å²) in [4.78, 5) is 25.0. The van der Waals surface area contributed by atoms with Crippen molar-refractivity contribution in [1.29, 1.82) is 0 Å². The van der Waals surface area contributed by atoms with Crippen molar-refractivity contribution in [2.45, 2.75) is 36.8 Å². The number of amides is 2. The molecule has 2 N–H and O–H groups in total. The molecule has 1 heterocycles. The van der Waals surface area contributed by atoms with Gasteiger partial charge in [0.1, 0.15) is 0 Å². The number of aliphatic hydroxyl groups excluding tert-OH is 1. The molecule has 2 amide bonds. The average molecular weight is 354 g/mol.